The van der Waals surface area contributed by atoms with Crippen LogP contribution in [0.1, 0.15) is 17.3 Å². The molecule has 2 N–H and O–H groups in total. The predicted molar refractivity (Wildman–Crippen MR) is 76.9 cm³/mol. The second-order valence-electron chi connectivity index (χ2n) is 4.91. The van der Waals surface area contributed by atoms with E-state index in [1.54, 1.807) is 18.1 Å². The standard InChI is InChI=1S/C15H19N3O/c1-11(9-16)10-18(2)15(19)13-7-3-5-12-6-4-8-17-14(12)13/h3-8,11H,9-10,16H2,1-2H3. The molecule has 1 aromatic heterocycles. The lowest BCUT2D eigenvalue weighted by atomic mass is 10.1. The van der Waals surface area contributed by atoms with E-state index in [0.29, 0.717) is 18.7 Å². The first-order chi connectivity index (χ1) is 9.13. The van der Waals surface area contributed by atoms with E-state index in [9.17, 15) is 4.79 Å². The van der Waals surface area contributed by atoms with Crippen LogP contribution >= 0.6 is 0 Å². The molecule has 1 aromatic carbocycles. The van der Waals surface area contributed by atoms with Crippen molar-refractivity contribution < 1.29 is 4.79 Å². The Balaban J connectivity index is 2.31. The molecule has 0 aliphatic carbocycles. The van der Waals surface area contributed by atoms with Crippen molar-refractivity contribution in [3.63, 3.8) is 0 Å². The number of hydrogen-bond donors (Lipinski definition) is 1. The Labute approximate surface area is 113 Å². The predicted octanol–water partition coefficient (Wildman–Crippen LogP) is 1.90. The molecule has 0 fully saturated rings. The third kappa shape index (κ3) is 2.90. The fourth-order valence-electron chi connectivity index (χ4n) is 2.11. The Morgan fingerprint density at radius 1 is 1.37 bits per heavy atom. The molecule has 0 saturated heterocycles. The summed E-state index contributed by atoms with van der Waals surface area (Å²) < 4.78 is 0. The van der Waals surface area contributed by atoms with Gasteiger partial charge in [0.1, 0.15) is 0 Å². The normalized spacial score (nSPS) is 12.4. The highest BCUT2D eigenvalue weighted by molar-refractivity contribution is 6.05. The van der Waals surface area contributed by atoms with E-state index in [0.717, 1.165) is 10.9 Å². The molecule has 19 heavy (non-hydrogen) atoms. The SMILES string of the molecule is CC(CN)CN(C)C(=O)c1cccc2cccnc12. The minimum atomic E-state index is -0.00963. The summed E-state index contributed by atoms with van der Waals surface area (Å²) in [6.07, 6.45) is 1.71. The minimum Gasteiger partial charge on any atom is -0.341 e. The lowest BCUT2D eigenvalue weighted by molar-refractivity contribution is 0.0779. The fourth-order valence-corrected chi connectivity index (χ4v) is 2.11. The van der Waals surface area contributed by atoms with E-state index in [2.05, 4.69) is 4.98 Å². The van der Waals surface area contributed by atoms with Gasteiger partial charge in [-0.2, -0.15) is 0 Å². The number of nitrogens with two attached hydrogens (primary N) is 1. The molecule has 4 heteroatoms. The van der Waals surface area contributed by atoms with Crippen LogP contribution in [0.15, 0.2) is 36.5 Å². The van der Waals surface area contributed by atoms with Gasteiger partial charge in [0.25, 0.3) is 5.91 Å². The van der Waals surface area contributed by atoms with E-state index >= 15 is 0 Å². The summed E-state index contributed by atoms with van der Waals surface area (Å²) in [7, 11) is 1.80. The Morgan fingerprint density at radius 2 is 2.11 bits per heavy atom. The Kier molecular flexibility index (Phi) is 4.12. The molecule has 2 rings (SSSR count). The highest BCUT2D eigenvalue weighted by Crippen LogP contribution is 2.17. The lowest BCUT2D eigenvalue weighted by Gasteiger charge is -2.21. The zero-order chi connectivity index (χ0) is 13.8. The van der Waals surface area contributed by atoms with Gasteiger partial charge in [-0.25, -0.2) is 0 Å². The number of rotatable bonds is 4. The summed E-state index contributed by atoms with van der Waals surface area (Å²) in [4.78, 5) is 18.5. The molecule has 1 unspecified atom stereocenters. The number of carbonyl (C=O) groups excluding carboxylic acids is 1. The van der Waals surface area contributed by atoms with Gasteiger partial charge in [-0.1, -0.05) is 25.1 Å². The zero-order valence-corrected chi connectivity index (χ0v) is 11.3. The van der Waals surface area contributed by atoms with Crippen molar-refractivity contribution in [3.05, 3.63) is 42.1 Å². The van der Waals surface area contributed by atoms with Gasteiger partial charge in [0.2, 0.25) is 0 Å². The van der Waals surface area contributed by atoms with Gasteiger partial charge < -0.3 is 10.6 Å². The Bertz CT molecular complexity index is 577. The molecule has 1 heterocycles. The van der Waals surface area contributed by atoms with Crippen LogP contribution in [0.25, 0.3) is 10.9 Å². The monoisotopic (exact) mass is 257 g/mol. The maximum Gasteiger partial charge on any atom is 0.255 e. The highest BCUT2D eigenvalue weighted by atomic mass is 16.2. The minimum absolute atomic E-state index is 0.00963. The van der Waals surface area contributed by atoms with E-state index in [1.165, 1.54) is 0 Å². The van der Waals surface area contributed by atoms with Gasteiger partial charge >= 0.3 is 0 Å². The van der Waals surface area contributed by atoms with E-state index in [1.807, 2.05) is 37.3 Å². The molecule has 1 amide bonds. The van der Waals surface area contributed by atoms with Crippen LogP contribution in [0.2, 0.25) is 0 Å². The third-order valence-electron chi connectivity index (χ3n) is 3.20. The summed E-state index contributed by atoms with van der Waals surface area (Å²) >= 11 is 0. The molecule has 2 aromatic rings. The zero-order valence-electron chi connectivity index (χ0n) is 11.3. The second-order valence-corrected chi connectivity index (χ2v) is 4.91. The van der Waals surface area contributed by atoms with E-state index in [4.69, 9.17) is 5.73 Å². The van der Waals surface area contributed by atoms with Crippen molar-refractivity contribution in [1.82, 2.24) is 9.88 Å². The summed E-state index contributed by atoms with van der Waals surface area (Å²) in [6, 6.07) is 9.50. The molecule has 1 atom stereocenters. The highest BCUT2D eigenvalue weighted by Gasteiger charge is 2.16. The first-order valence-corrected chi connectivity index (χ1v) is 6.42. The van der Waals surface area contributed by atoms with Gasteiger partial charge in [-0.05, 0) is 24.6 Å². The summed E-state index contributed by atoms with van der Waals surface area (Å²) in [5.74, 6) is 0.279. The lowest BCUT2D eigenvalue weighted by Crippen LogP contribution is -2.33. The van der Waals surface area contributed by atoms with Crippen LogP contribution in [0.5, 0.6) is 0 Å². The molecule has 0 radical (unpaired) electrons. The van der Waals surface area contributed by atoms with Crippen molar-refractivity contribution in [1.29, 1.82) is 0 Å². The van der Waals surface area contributed by atoms with Gasteiger partial charge in [-0.15, -0.1) is 0 Å². The number of carbonyl (C=O) groups is 1. The van der Waals surface area contributed by atoms with Crippen molar-refractivity contribution >= 4 is 16.8 Å². The van der Waals surface area contributed by atoms with Crippen LogP contribution in [-0.4, -0.2) is 35.9 Å². The smallest absolute Gasteiger partial charge is 0.255 e. The second kappa shape index (κ2) is 5.80. The molecule has 0 bridgehead atoms. The number of para-hydroxylation sites is 1. The number of benzene rings is 1. The van der Waals surface area contributed by atoms with Crippen molar-refractivity contribution in [2.24, 2.45) is 11.7 Å². The number of pyridine rings is 1. The number of aromatic nitrogens is 1. The number of amides is 1. The van der Waals surface area contributed by atoms with Crippen molar-refractivity contribution in [2.75, 3.05) is 20.1 Å². The van der Waals surface area contributed by atoms with Crippen LogP contribution in [0.4, 0.5) is 0 Å². The first-order valence-electron chi connectivity index (χ1n) is 6.42. The number of nitrogens with zero attached hydrogens (tertiary/aromatic N) is 2. The van der Waals surface area contributed by atoms with Crippen LogP contribution in [0, 0.1) is 5.92 Å². The van der Waals surface area contributed by atoms with E-state index < -0.39 is 0 Å². The van der Waals surface area contributed by atoms with Crippen LogP contribution < -0.4 is 5.73 Å². The summed E-state index contributed by atoms with van der Waals surface area (Å²) in [5.41, 5.74) is 6.99. The quantitative estimate of drug-likeness (QED) is 0.910. The maximum atomic E-state index is 12.5. The topological polar surface area (TPSA) is 59.2 Å². The summed E-state index contributed by atoms with van der Waals surface area (Å²) in [5, 5.41) is 0.980. The molecular weight excluding hydrogens is 238 g/mol. The average molecular weight is 257 g/mol. The van der Waals surface area contributed by atoms with Gasteiger partial charge in [0.05, 0.1) is 11.1 Å². The van der Waals surface area contributed by atoms with E-state index in [-0.39, 0.29) is 11.8 Å². The molecule has 0 spiro atoms. The van der Waals surface area contributed by atoms with Gasteiger partial charge in [0.15, 0.2) is 0 Å². The molecule has 100 valence electrons. The third-order valence-corrected chi connectivity index (χ3v) is 3.20. The first kappa shape index (κ1) is 13.5. The average Bonchev–Trinajstić information content (AvgIpc) is 2.45. The fraction of sp³-hybridized carbons (Fsp3) is 0.333. The number of hydrogen-bond acceptors (Lipinski definition) is 3. The Hall–Kier alpha value is -1.94. The largest absolute Gasteiger partial charge is 0.341 e. The molecule has 0 aliphatic rings. The van der Waals surface area contributed by atoms with Gasteiger partial charge in [-0.3, -0.25) is 9.78 Å². The molecule has 4 nitrogen and oxygen atoms in total. The molecule has 0 aliphatic heterocycles. The van der Waals surface area contributed by atoms with Gasteiger partial charge in [0, 0.05) is 25.2 Å². The summed E-state index contributed by atoms with van der Waals surface area (Å²) in [6.45, 7) is 3.26. The maximum absolute atomic E-state index is 12.5. The van der Waals surface area contributed by atoms with Crippen LogP contribution in [-0.2, 0) is 0 Å². The molecular formula is C15H19N3O. The van der Waals surface area contributed by atoms with Crippen LogP contribution in [0.3, 0.4) is 0 Å². The number of fused-ring (bicyclic) bond motifs is 1. The van der Waals surface area contributed by atoms with Crippen molar-refractivity contribution in [2.45, 2.75) is 6.92 Å². The molecule has 0 saturated carbocycles. The van der Waals surface area contributed by atoms with Crippen molar-refractivity contribution in [3.8, 4) is 0 Å². The Morgan fingerprint density at radius 3 is 2.84 bits per heavy atom.